The highest BCUT2D eigenvalue weighted by Crippen LogP contribution is 2.18. The summed E-state index contributed by atoms with van der Waals surface area (Å²) in [4.78, 5) is 25.0. The molecule has 1 unspecified atom stereocenters. The van der Waals surface area contributed by atoms with Crippen molar-refractivity contribution in [2.45, 2.75) is 13.0 Å². The molecule has 6 heteroatoms. The number of nitrogens with one attached hydrogen (secondary N) is 2. The van der Waals surface area contributed by atoms with Gasteiger partial charge in [-0.2, -0.15) is 5.10 Å². The fourth-order valence-electron chi connectivity index (χ4n) is 2.76. The summed E-state index contributed by atoms with van der Waals surface area (Å²) in [5.41, 5.74) is 2.70. The quantitative estimate of drug-likeness (QED) is 0.648. The average Bonchev–Trinajstić information content (AvgIpc) is 3.12. The number of aromatic nitrogens is 2. The summed E-state index contributed by atoms with van der Waals surface area (Å²) in [6, 6.07) is 16.5. The average molecular weight is 374 g/mol. The van der Waals surface area contributed by atoms with Gasteiger partial charge >= 0.3 is 0 Å². The predicted molar refractivity (Wildman–Crippen MR) is 110 cm³/mol. The Morgan fingerprint density at radius 3 is 2.50 bits per heavy atom. The molecule has 3 aromatic rings. The van der Waals surface area contributed by atoms with Crippen LogP contribution >= 0.6 is 0 Å². The second-order valence-corrected chi connectivity index (χ2v) is 6.42. The minimum Gasteiger partial charge on any atom is -0.345 e. The van der Waals surface area contributed by atoms with Crippen LogP contribution in [0, 0.1) is 0 Å². The van der Waals surface area contributed by atoms with Gasteiger partial charge in [0.25, 0.3) is 5.91 Å². The third-order valence-electron chi connectivity index (χ3n) is 4.23. The van der Waals surface area contributed by atoms with E-state index in [1.54, 1.807) is 47.4 Å². The van der Waals surface area contributed by atoms with Crippen molar-refractivity contribution in [3.05, 3.63) is 89.8 Å². The summed E-state index contributed by atoms with van der Waals surface area (Å²) in [5, 5.41) is 9.78. The number of carbonyl (C=O) groups excluding carboxylic acids is 2. The Kier molecular flexibility index (Phi) is 6.01. The molecule has 0 aliphatic rings. The molecule has 0 aliphatic heterocycles. The van der Waals surface area contributed by atoms with Gasteiger partial charge in [0.15, 0.2) is 0 Å². The Bertz CT molecular complexity index is 993. The first-order valence-corrected chi connectivity index (χ1v) is 8.95. The van der Waals surface area contributed by atoms with Gasteiger partial charge in [-0.1, -0.05) is 42.5 Å². The highest BCUT2D eigenvalue weighted by molar-refractivity contribution is 6.07. The number of aryl methyl sites for hydroxylation is 1. The van der Waals surface area contributed by atoms with Crippen LogP contribution in [0.4, 0.5) is 5.69 Å². The molecule has 0 saturated heterocycles. The molecule has 0 fully saturated rings. The molecular weight excluding hydrogens is 352 g/mol. The first kappa shape index (κ1) is 19.1. The molecule has 0 spiro atoms. The van der Waals surface area contributed by atoms with Gasteiger partial charge in [0.2, 0.25) is 5.91 Å². The fraction of sp³-hybridized carbons (Fsp3) is 0.136. The summed E-state index contributed by atoms with van der Waals surface area (Å²) >= 11 is 0. The number of rotatable bonds is 6. The summed E-state index contributed by atoms with van der Waals surface area (Å²) in [6.45, 7) is 1.92. The molecule has 2 amide bonds. The van der Waals surface area contributed by atoms with E-state index in [1.165, 1.54) is 6.08 Å². The third kappa shape index (κ3) is 4.94. The number of amides is 2. The molecule has 0 aliphatic carbocycles. The molecule has 142 valence electrons. The van der Waals surface area contributed by atoms with Crippen LogP contribution in [-0.2, 0) is 11.8 Å². The monoisotopic (exact) mass is 374 g/mol. The second-order valence-electron chi connectivity index (χ2n) is 6.42. The van der Waals surface area contributed by atoms with Gasteiger partial charge in [0.05, 0.1) is 23.5 Å². The van der Waals surface area contributed by atoms with Crippen molar-refractivity contribution in [3.63, 3.8) is 0 Å². The van der Waals surface area contributed by atoms with Gasteiger partial charge in [-0.25, -0.2) is 0 Å². The minimum atomic E-state index is -0.319. The van der Waals surface area contributed by atoms with Crippen molar-refractivity contribution in [1.29, 1.82) is 0 Å². The largest absolute Gasteiger partial charge is 0.345 e. The number of hydrogen-bond acceptors (Lipinski definition) is 3. The van der Waals surface area contributed by atoms with Gasteiger partial charge in [-0.15, -0.1) is 0 Å². The minimum absolute atomic E-state index is 0.150. The van der Waals surface area contributed by atoms with Crippen LogP contribution < -0.4 is 10.6 Å². The van der Waals surface area contributed by atoms with E-state index in [2.05, 4.69) is 15.7 Å². The molecule has 0 saturated carbocycles. The molecule has 2 aromatic carbocycles. The zero-order valence-electron chi connectivity index (χ0n) is 15.8. The summed E-state index contributed by atoms with van der Waals surface area (Å²) in [6.07, 6.45) is 6.55. The standard InChI is InChI=1S/C22H22N4O2/c1-16(18-8-4-3-5-9-18)24-22(28)19-10-6-7-11-20(19)25-21(27)13-12-17-14-23-26(2)15-17/h3-16H,1-2H3,(H,24,28)(H,25,27)/b13-12+. The smallest absolute Gasteiger partial charge is 0.253 e. The lowest BCUT2D eigenvalue weighted by Gasteiger charge is -2.16. The topological polar surface area (TPSA) is 76.0 Å². The van der Waals surface area contributed by atoms with Crippen molar-refractivity contribution in [1.82, 2.24) is 15.1 Å². The third-order valence-corrected chi connectivity index (χ3v) is 4.23. The first-order chi connectivity index (χ1) is 13.5. The van der Waals surface area contributed by atoms with Crippen molar-refractivity contribution >= 4 is 23.6 Å². The Labute approximate surface area is 163 Å². The van der Waals surface area contributed by atoms with Crippen LogP contribution in [-0.4, -0.2) is 21.6 Å². The number of anilines is 1. The summed E-state index contributed by atoms with van der Waals surface area (Å²) in [7, 11) is 1.81. The fourth-order valence-corrected chi connectivity index (χ4v) is 2.76. The zero-order chi connectivity index (χ0) is 19.9. The second kappa shape index (κ2) is 8.81. The normalized spacial score (nSPS) is 11.9. The molecule has 2 N–H and O–H groups in total. The number of nitrogens with zero attached hydrogens (tertiary/aromatic N) is 2. The molecule has 3 rings (SSSR count). The van der Waals surface area contributed by atoms with Crippen LogP contribution in [0.15, 0.2) is 73.1 Å². The lowest BCUT2D eigenvalue weighted by atomic mass is 10.1. The van der Waals surface area contributed by atoms with Crippen molar-refractivity contribution in [2.75, 3.05) is 5.32 Å². The Balaban J connectivity index is 1.69. The molecule has 0 bridgehead atoms. The van der Waals surface area contributed by atoms with E-state index < -0.39 is 0 Å². The highest BCUT2D eigenvalue weighted by Gasteiger charge is 2.15. The Morgan fingerprint density at radius 1 is 1.07 bits per heavy atom. The van der Waals surface area contributed by atoms with Crippen LogP contribution in [0.5, 0.6) is 0 Å². The maximum atomic E-state index is 12.7. The maximum Gasteiger partial charge on any atom is 0.253 e. The van der Waals surface area contributed by atoms with Crippen molar-refractivity contribution in [3.8, 4) is 0 Å². The Morgan fingerprint density at radius 2 is 1.79 bits per heavy atom. The van der Waals surface area contributed by atoms with Crippen LogP contribution in [0.2, 0.25) is 0 Å². The van der Waals surface area contributed by atoms with Gasteiger partial charge in [0.1, 0.15) is 0 Å². The molecule has 1 atom stereocenters. The van der Waals surface area contributed by atoms with E-state index in [9.17, 15) is 9.59 Å². The van der Waals surface area contributed by atoms with E-state index in [0.717, 1.165) is 11.1 Å². The molecular formula is C22H22N4O2. The highest BCUT2D eigenvalue weighted by atomic mass is 16.2. The van der Waals surface area contributed by atoms with E-state index in [4.69, 9.17) is 0 Å². The van der Waals surface area contributed by atoms with Crippen molar-refractivity contribution < 1.29 is 9.59 Å². The summed E-state index contributed by atoms with van der Waals surface area (Å²) in [5.74, 6) is -0.566. The van der Waals surface area contributed by atoms with Crippen molar-refractivity contribution in [2.24, 2.45) is 7.05 Å². The van der Waals surface area contributed by atoms with E-state index in [-0.39, 0.29) is 17.9 Å². The van der Waals surface area contributed by atoms with Gasteiger partial charge in [-0.3, -0.25) is 14.3 Å². The lowest BCUT2D eigenvalue weighted by molar-refractivity contribution is -0.111. The number of hydrogen-bond donors (Lipinski definition) is 2. The number of benzene rings is 2. The van der Waals surface area contributed by atoms with E-state index in [1.807, 2.05) is 44.3 Å². The van der Waals surface area contributed by atoms with Crippen LogP contribution in [0.3, 0.4) is 0 Å². The van der Waals surface area contributed by atoms with Crippen LogP contribution in [0.25, 0.3) is 6.08 Å². The SMILES string of the molecule is CC(NC(=O)c1ccccc1NC(=O)/C=C/c1cnn(C)c1)c1ccccc1. The van der Waals surface area contributed by atoms with Crippen LogP contribution in [0.1, 0.15) is 34.5 Å². The van der Waals surface area contributed by atoms with Gasteiger partial charge in [0, 0.05) is 24.9 Å². The number of carbonyl (C=O) groups is 2. The zero-order valence-corrected chi connectivity index (χ0v) is 15.8. The summed E-state index contributed by atoms with van der Waals surface area (Å²) < 4.78 is 1.66. The Hall–Kier alpha value is -3.67. The first-order valence-electron chi connectivity index (χ1n) is 8.95. The maximum absolute atomic E-state index is 12.7. The van der Waals surface area contributed by atoms with E-state index in [0.29, 0.717) is 11.3 Å². The number of para-hydroxylation sites is 1. The lowest BCUT2D eigenvalue weighted by Crippen LogP contribution is -2.27. The molecule has 0 radical (unpaired) electrons. The molecule has 1 heterocycles. The molecule has 1 aromatic heterocycles. The molecule has 28 heavy (non-hydrogen) atoms. The van der Waals surface area contributed by atoms with Gasteiger partial charge in [-0.05, 0) is 30.7 Å². The molecule has 6 nitrogen and oxygen atoms in total. The van der Waals surface area contributed by atoms with E-state index >= 15 is 0 Å². The predicted octanol–water partition coefficient (Wildman–Crippen LogP) is 3.56. The van der Waals surface area contributed by atoms with Gasteiger partial charge < -0.3 is 10.6 Å².